The highest BCUT2D eigenvalue weighted by atomic mass is 79.9. The van der Waals surface area contributed by atoms with Crippen LogP contribution in [-0.4, -0.2) is 35.6 Å². The molecule has 2 aromatic carbocycles. The van der Waals surface area contributed by atoms with E-state index in [0.717, 1.165) is 20.5 Å². The smallest absolute Gasteiger partial charge is 0.413 e. The Morgan fingerprint density at radius 3 is 2.71 bits per heavy atom. The number of benzene rings is 2. The average molecular weight is 447 g/mol. The second-order valence-electron chi connectivity index (χ2n) is 6.33. The van der Waals surface area contributed by atoms with Gasteiger partial charge < -0.3 is 14.8 Å². The van der Waals surface area contributed by atoms with Gasteiger partial charge in [-0.1, -0.05) is 46.3 Å². The molecule has 0 unspecified atom stereocenters. The van der Waals surface area contributed by atoms with Gasteiger partial charge in [-0.15, -0.1) is 0 Å². The van der Waals surface area contributed by atoms with Gasteiger partial charge in [0.1, 0.15) is 12.6 Å². The lowest BCUT2D eigenvalue weighted by molar-refractivity contribution is -0.140. The van der Waals surface area contributed by atoms with Crippen molar-refractivity contribution in [2.45, 2.75) is 26.0 Å². The Kier molecular flexibility index (Phi) is 6.30. The number of amides is 2. The zero-order valence-corrected chi connectivity index (χ0v) is 16.8. The normalized spacial score (nSPS) is 15.9. The summed E-state index contributed by atoms with van der Waals surface area (Å²) in [4.78, 5) is 37.9. The highest BCUT2D eigenvalue weighted by Crippen LogP contribution is 2.22. The number of cyclic esters (lactones) is 1. The summed E-state index contributed by atoms with van der Waals surface area (Å²) >= 11 is 3.36. The molecule has 0 aromatic heterocycles. The summed E-state index contributed by atoms with van der Waals surface area (Å²) in [6, 6.07) is 13.6. The molecule has 1 fully saturated rings. The van der Waals surface area contributed by atoms with E-state index >= 15 is 0 Å². The Morgan fingerprint density at radius 2 is 2.00 bits per heavy atom. The van der Waals surface area contributed by atoms with Gasteiger partial charge in [0.05, 0.1) is 6.42 Å². The van der Waals surface area contributed by atoms with Crippen molar-refractivity contribution in [1.29, 1.82) is 0 Å². The van der Waals surface area contributed by atoms with Crippen LogP contribution < -0.4 is 5.32 Å². The quantitative estimate of drug-likeness (QED) is 0.709. The molecule has 7 nitrogen and oxygen atoms in total. The van der Waals surface area contributed by atoms with E-state index in [0.29, 0.717) is 5.69 Å². The maximum Gasteiger partial charge on any atom is 0.413 e. The molecule has 1 atom stereocenters. The number of hydrogen-bond donors (Lipinski definition) is 1. The SMILES string of the molecule is Cc1cc(Br)ccc1NC(=O)C[C@@H]1C(=O)OCN1C(=O)OCc1ccccc1. The molecule has 28 heavy (non-hydrogen) atoms. The summed E-state index contributed by atoms with van der Waals surface area (Å²) in [5.74, 6) is -1.02. The molecule has 0 spiro atoms. The maximum atomic E-state index is 12.4. The van der Waals surface area contributed by atoms with Crippen LogP contribution >= 0.6 is 15.9 Å². The molecule has 1 N–H and O–H groups in total. The van der Waals surface area contributed by atoms with Crippen molar-refractivity contribution in [3.05, 3.63) is 64.1 Å². The number of esters is 1. The van der Waals surface area contributed by atoms with Crippen LogP contribution in [0.4, 0.5) is 10.5 Å². The molecular formula is C20H19BrN2O5. The van der Waals surface area contributed by atoms with Gasteiger partial charge in [0.2, 0.25) is 5.91 Å². The molecule has 0 radical (unpaired) electrons. The fourth-order valence-corrected chi connectivity index (χ4v) is 3.24. The van der Waals surface area contributed by atoms with E-state index in [1.54, 1.807) is 12.1 Å². The summed E-state index contributed by atoms with van der Waals surface area (Å²) in [6.45, 7) is 1.69. The van der Waals surface area contributed by atoms with Gasteiger partial charge in [-0.2, -0.15) is 0 Å². The standard InChI is InChI=1S/C20H19BrN2O5/c1-13-9-15(21)7-8-16(13)22-18(24)10-17-19(25)28-12-23(17)20(26)27-11-14-5-3-2-4-6-14/h2-9,17H,10-12H2,1H3,(H,22,24)/t17-/m1/s1. The molecule has 146 valence electrons. The molecule has 0 aliphatic carbocycles. The number of ether oxygens (including phenoxy) is 2. The molecule has 1 heterocycles. The minimum Gasteiger partial charge on any atom is -0.444 e. The number of hydrogen-bond acceptors (Lipinski definition) is 5. The molecule has 2 aromatic rings. The highest BCUT2D eigenvalue weighted by Gasteiger charge is 2.40. The van der Waals surface area contributed by atoms with Gasteiger partial charge >= 0.3 is 12.1 Å². The second kappa shape index (κ2) is 8.88. The fraction of sp³-hybridized carbons (Fsp3) is 0.250. The van der Waals surface area contributed by atoms with Crippen LogP contribution in [0, 0.1) is 6.92 Å². The number of nitrogens with zero attached hydrogens (tertiary/aromatic N) is 1. The topological polar surface area (TPSA) is 84.9 Å². The van der Waals surface area contributed by atoms with Crippen LogP contribution in [0.2, 0.25) is 0 Å². The van der Waals surface area contributed by atoms with E-state index < -0.39 is 24.0 Å². The van der Waals surface area contributed by atoms with E-state index in [2.05, 4.69) is 21.2 Å². The molecule has 8 heteroatoms. The van der Waals surface area contributed by atoms with E-state index in [-0.39, 0.29) is 19.8 Å². The number of aryl methyl sites for hydroxylation is 1. The fourth-order valence-electron chi connectivity index (χ4n) is 2.77. The first kappa shape index (κ1) is 19.9. The first-order valence-corrected chi connectivity index (χ1v) is 9.43. The van der Waals surface area contributed by atoms with Crippen molar-refractivity contribution in [3.63, 3.8) is 0 Å². The van der Waals surface area contributed by atoms with Crippen LogP contribution in [0.5, 0.6) is 0 Å². The highest BCUT2D eigenvalue weighted by molar-refractivity contribution is 9.10. The van der Waals surface area contributed by atoms with Crippen LogP contribution in [0.25, 0.3) is 0 Å². The van der Waals surface area contributed by atoms with Gasteiger partial charge in [-0.3, -0.25) is 9.69 Å². The van der Waals surface area contributed by atoms with Crippen molar-refractivity contribution in [2.24, 2.45) is 0 Å². The van der Waals surface area contributed by atoms with Crippen LogP contribution in [0.1, 0.15) is 17.5 Å². The number of nitrogens with one attached hydrogen (secondary N) is 1. The summed E-state index contributed by atoms with van der Waals surface area (Å²) in [5.41, 5.74) is 2.33. The number of rotatable bonds is 5. The van der Waals surface area contributed by atoms with Crippen molar-refractivity contribution in [1.82, 2.24) is 4.90 Å². The first-order chi connectivity index (χ1) is 13.4. The van der Waals surface area contributed by atoms with Crippen LogP contribution in [0.3, 0.4) is 0 Å². The van der Waals surface area contributed by atoms with Gasteiger partial charge in [-0.25, -0.2) is 9.59 Å². The first-order valence-electron chi connectivity index (χ1n) is 8.64. The molecule has 1 aliphatic rings. The van der Waals surface area contributed by atoms with Gasteiger partial charge in [-0.05, 0) is 36.2 Å². The summed E-state index contributed by atoms with van der Waals surface area (Å²) < 4.78 is 11.1. The van der Waals surface area contributed by atoms with Gasteiger partial charge in [0.15, 0.2) is 6.73 Å². The van der Waals surface area contributed by atoms with Crippen molar-refractivity contribution < 1.29 is 23.9 Å². The molecule has 1 saturated heterocycles. The predicted molar refractivity (Wildman–Crippen MR) is 105 cm³/mol. The second-order valence-corrected chi connectivity index (χ2v) is 7.25. The van der Waals surface area contributed by atoms with E-state index in [1.807, 2.05) is 43.3 Å². The van der Waals surface area contributed by atoms with Gasteiger partial charge in [0, 0.05) is 10.2 Å². The minimum absolute atomic E-state index is 0.0708. The van der Waals surface area contributed by atoms with Gasteiger partial charge in [0.25, 0.3) is 0 Å². The minimum atomic E-state index is -1.01. The van der Waals surface area contributed by atoms with E-state index in [4.69, 9.17) is 9.47 Å². The Hall–Kier alpha value is -2.87. The Bertz CT molecular complexity index is 887. The van der Waals surface area contributed by atoms with Crippen molar-refractivity contribution in [2.75, 3.05) is 12.0 Å². The third-order valence-electron chi connectivity index (χ3n) is 4.28. The number of carbonyl (C=O) groups is 3. The Morgan fingerprint density at radius 1 is 1.25 bits per heavy atom. The number of carbonyl (C=O) groups excluding carboxylic acids is 3. The Balaban J connectivity index is 1.60. The zero-order valence-electron chi connectivity index (χ0n) is 15.2. The maximum absolute atomic E-state index is 12.4. The van der Waals surface area contributed by atoms with Crippen molar-refractivity contribution in [3.8, 4) is 0 Å². The third-order valence-corrected chi connectivity index (χ3v) is 4.77. The predicted octanol–water partition coefficient (Wildman–Crippen LogP) is 3.61. The lowest BCUT2D eigenvalue weighted by Gasteiger charge is -2.19. The van der Waals surface area contributed by atoms with Crippen LogP contribution in [-0.2, 0) is 25.7 Å². The molecule has 0 saturated carbocycles. The molecule has 0 bridgehead atoms. The Labute approximate surface area is 170 Å². The molecule has 3 rings (SSSR count). The van der Waals surface area contributed by atoms with E-state index in [9.17, 15) is 14.4 Å². The summed E-state index contributed by atoms with van der Waals surface area (Å²) in [7, 11) is 0. The number of halogens is 1. The summed E-state index contributed by atoms with van der Waals surface area (Å²) in [6.07, 6.45) is -0.915. The zero-order chi connectivity index (χ0) is 20.1. The largest absolute Gasteiger partial charge is 0.444 e. The molecular weight excluding hydrogens is 428 g/mol. The lowest BCUT2D eigenvalue weighted by Crippen LogP contribution is -2.40. The van der Waals surface area contributed by atoms with Crippen molar-refractivity contribution >= 4 is 39.6 Å². The monoisotopic (exact) mass is 446 g/mol. The van der Waals surface area contributed by atoms with Crippen LogP contribution in [0.15, 0.2) is 53.0 Å². The molecule has 1 aliphatic heterocycles. The summed E-state index contributed by atoms with van der Waals surface area (Å²) in [5, 5.41) is 2.76. The number of anilines is 1. The molecule has 2 amide bonds. The van der Waals surface area contributed by atoms with E-state index in [1.165, 1.54) is 0 Å². The lowest BCUT2D eigenvalue weighted by atomic mass is 10.1. The third kappa shape index (κ3) is 4.89. The average Bonchev–Trinajstić information content (AvgIpc) is 3.03.